The fourth-order valence-corrected chi connectivity index (χ4v) is 4.17. The lowest BCUT2D eigenvalue weighted by atomic mass is 9.89. The molecule has 0 spiro atoms. The first kappa shape index (κ1) is 12.5. The Morgan fingerprint density at radius 3 is 2.56 bits per heavy atom. The summed E-state index contributed by atoms with van der Waals surface area (Å²) in [4.78, 5) is 14.9. The van der Waals surface area contributed by atoms with E-state index in [1.54, 1.807) is 0 Å². The molecule has 0 aromatic carbocycles. The largest absolute Gasteiger partial charge is 0.339 e. The molecule has 3 rings (SSSR count). The molecule has 102 valence electrons. The maximum Gasteiger partial charge on any atom is 0.225 e. The first-order valence-corrected chi connectivity index (χ1v) is 7.87. The number of hydrogen-bond acceptors (Lipinski definition) is 2. The van der Waals surface area contributed by atoms with E-state index in [1.807, 2.05) is 0 Å². The lowest BCUT2D eigenvalue weighted by Gasteiger charge is -2.35. The molecule has 0 aromatic rings. The van der Waals surface area contributed by atoms with Crippen molar-refractivity contribution in [1.29, 1.82) is 0 Å². The van der Waals surface area contributed by atoms with E-state index in [2.05, 4.69) is 10.2 Å². The summed E-state index contributed by atoms with van der Waals surface area (Å²) in [5.74, 6) is 1.56. The van der Waals surface area contributed by atoms with Crippen molar-refractivity contribution in [3.8, 4) is 0 Å². The van der Waals surface area contributed by atoms with E-state index in [1.165, 1.54) is 45.1 Å². The van der Waals surface area contributed by atoms with Gasteiger partial charge in [0, 0.05) is 18.5 Å². The minimum Gasteiger partial charge on any atom is -0.339 e. The summed E-state index contributed by atoms with van der Waals surface area (Å²) in [5.41, 5.74) is 0. The Hall–Kier alpha value is -0.570. The van der Waals surface area contributed by atoms with Crippen LogP contribution < -0.4 is 5.32 Å². The highest BCUT2D eigenvalue weighted by Crippen LogP contribution is 2.33. The molecule has 2 unspecified atom stereocenters. The fourth-order valence-electron chi connectivity index (χ4n) is 4.17. The van der Waals surface area contributed by atoms with Gasteiger partial charge in [0.2, 0.25) is 5.91 Å². The van der Waals surface area contributed by atoms with Crippen LogP contribution in [0.5, 0.6) is 0 Å². The van der Waals surface area contributed by atoms with Gasteiger partial charge in [-0.25, -0.2) is 0 Å². The zero-order valence-corrected chi connectivity index (χ0v) is 11.4. The van der Waals surface area contributed by atoms with Crippen LogP contribution >= 0.6 is 0 Å². The van der Waals surface area contributed by atoms with Crippen LogP contribution in [-0.4, -0.2) is 36.5 Å². The topological polar surface area (TPSA) is 32.3 Å². The lowest BCUT2D eigenvalue weighted by molar-refractivity contribution is -0.137. The number of carbonyl (C=O) groups excluding carboxylic acids is 1. The van der Waals surface area contributed by atoms with Crippen LogP contribution in [-0.2, 0) is 4.79 Å². The van der Waals surface area contributed by atoms with E-state index in [-0.39, 0.29) is 0 Å². The summed E-state index contributed by atoms with van der Waals surface area (Å²) in [7, 11) is 0. The normalized spacial score (nSPS) is 34.1. The summed E-state index contributed by atoms with van der Waals surface area (Å²) in [6, 6.07) is 0.547. The second-order valence-corrected chi connectivity index (χ2v) is 6.33. The molecule has 2 aliphatic heterocycles. The molecule has 0 aromatic heterocycles. The van der Waals surface area contributed by atoms with Crippen LogP contribution in [0.15, 0.2) is 0 Å². The average Bonchev–Trinajstić information content (AvgIpc) is 3.10. The smallest absolute Gasteiger partial charge is 0.225 e. The van der Waals surface area contributed by atoms with Crippen molar-refractivity contribution in [3.05, 3.63) is 0 Å². The highest BCUT2D eigenvalue weighted by atomic mass is 16.2. The molecule has 3 nitrogen and oxygen atoms in total. The summed E-state index contributed by atoms with van der Waals surface area (Å²) >= 11 is 0. The third-order valence-corrected chi connectivity index (χ3v) is 5.17. The molecule has 2 atom stereocenters. The van der Waals surface area contributed by atoms with Gasteiger partial charge in [0.25, 0.3) is 0 Å². The monoisotopic (exact) mass is 250 g/mol. The molecule has 0 bridgehead atoms. The molecule has 0 radical (unpaired) electrons. The summed E-state index contributed by atoms with van der Waals surface area (Å²) < 4.78 is 0. The van der Waals surface area contributed by atoms with Gasteiger partial charge in [-0.1, -0.05) is 12.8 Å². The van der Waals surface area contributed by atoms with Gasteiger partial charge >= 0.3 is 0 Å². The Morgan fingerprint density at radius 2 is 1.83 bits per heavy atom. The van der Waals surface area contributed by atoms with Crippen molar-refractivity contribution in [3.63, 3.8) is 0 Å². The molecular weight excluding hydrogens is 224 g/mol. The van der Waals surface area contributed by atoms with E-state index >= 15 is 0 Å². The van der Waals surface area contributed by atoms with E-state index in [0.717, 1.165) is 25.9 Å². The van der Waals surface area contributed by atoms with Crippen LogP contribution in [0.4, 0.5) is 0 Å². The molecule has 18 heavy (non-hydrogen) atoms. The number of nitrogens with one attached hydrogen (secondary N) is 1. The third-order valence-electron chi connectivity index (χ3n) is 5.17. The van der Waals surface area contributed by atoms with E-state index in [4.69, 9.17) is 0 Å². The summed E-state index contributed by atoms with van der Waals surface area (Å²) in [6.45, 7) is 3.31. The highest BCUT2D eigenvalue weighted by Gasteiger charge is 2.38. The van der Waals surface area contributed by atoms with Gasteiger partial charge in [-0.3, -0.25) is 4.79 Å². The van der Waals surface area contributed by atoms with Crippen molar-refractivity contribution < 1.29 is 4.79 Å². The van der Waals surface area contributed by atoms with Crippen LogP contribution in [0.3, 0.4) is 0 Å². The molecule has 1 N–H and O–H groups in total. The first-order valence-electron chi connectivity index (χ1n) is 7.87. The molecule has 1 aliphatic carbocycles. The van der Waals surface area contributed by atoms with Crippen LogP contribution in [0.1, 0.15) is 51.4 Å². The second-order valence-electron chi connectivity index (χ2n) is 6.33. The predicted octanol–water partition coefficient (Wildman–Crippen LogP) is 2.17. The number of nitrogens with zero attached hydrogens (tertiary/aromatic N) is 1. The van der Waals surface area contributed by atoms with Crippen LogP contribution in [0, 0.1) is 11.8 Å². The molecular formula is C15H26N2O. The quantitative estimate of drug-likeness (QED) is 0.814. The number of rotatable bonds is 2. The standard InChI is InChI=1S/C15H26N2O/c18-15(12-5-1-2-6-12)17-10-4-8-14(17)13-7-3-9-16-11-13/h12-14,16H,1-11H2. The third kappa shape index (κ3) is 2.42. The van der Waals surface area contributed by atoms with Crippen molar-refractivity contribution in [1.82, 2.24) is 10.2 Å². The van der Waals surface area contributed by atoms with Crippen LogP contribution in [0.2, 0.25) is 0 Å². The van der Waals surface area contributed by atoms with Crippen molar-refractivity contribution in [2.24, 2.45) is 11.8 Å². The minimum absolute atomic E-state index is 0.363. The predicted molar refractivity (Wildman–Crippen MR) is 72.3 cm³/mol. The minimum atomic E-state index is 0.363. The van der Waals surface area contributed by atoms with Gasteiger partial charge in [0.05, 0.1) is 0 Å². The maximum atomic E-state index is 12.6. The van der Waals surface area contributed by atoms with Gasteiger partial charge < -0.3 is 10.2 Å². The zero-order chi connectivity index (χ0) is 12.4. The van der Waals surface area contributed by atoms with Gasteiger partial charge in [-0.15, -0.1) is 0 Å². The number of amides is 1. The molecule has 3 fully saturated rings. The van der Waals surface area contributed by atoms with E-state index < -0.39 is 0 Å². The van der Waals surface area contributed by atoms with Crippen molar-refractivity contribution in [2.75, 3.05) is 19.6 Å². The molecule has 2 heterocycles. The fraction of sp³-hybridized carbons (Fsp3) is 0.933. The Labute approximate surface area is 110 Å². The molecule has 2 saturated heterocycles. The number of likely N-dealkylation sites (tertiary alicyclic amines) is 1. The summed E-state index contributed by atoms with van der Waals surface area (Å²) in [6.07, 6.45) is 9.87. The Kier molecular flexibility index (Phi) is 3.88. The van der Waals surface area contributed by atoms with E-state index in [9.17, 15) is 4.79 Å². The Balaban J connectivity index is 1.64. The average molecular weight is 250 g/mol. The lowest BCUT2D eigenvalue weighted by Crippen LogP contribution is -2.47. The van der Waals surface area contributed by atoms with Crippen LogP contribution in [0.25, 0.3) is 0 Å². The van der Waals surface area contributed by atoms with Gasteiger partial charge in [0.1, 0.15) is 0 Å². The van der Waals surface area contributed by atoms with Crippen molar-refractivity contribution >= 4 is 5.91 Å². The molecule has 3 heteroatoms. The van der Waals surface area contributed by atoms with Gasteiger partial charge in [-0.05, 0) is 57.5 Å². The van der Waals surface area contributed by atoms with Crippen molar-refractivity contribution in [2.45, 2.75) is 57.4 Å². The molecule has 1 amide bonds. The van der Waals surface area contributed by atoms with Gasteiger partial charge in [-0.2, -0.15) is 0 Å². The highest BCUT2D eigenvalue weighted by molar-refractivity contribution is 5.79. The number of hydrogen-bond donors (Lipinski definition) is 1. The maximum absolute atomic E-state index is 12.6. The molecule has 1 saturated carbocycles. The second kappa shape index (κ2) is 5.60. The Morgan fingerprint density at radius 1 is 1.00 bits per heavy atom. The van der Waals surface area contributed by atoms with E-state index in [0.29, 0.717) is 23.8 Å². The zero-order valence-electron chi connectivity index (χ0n) is 11.4. The SMILES string of the molecule is O=C(C1CCCC1)N1CCCC1C1CCCNC1. The van der Waals surface area contributed by atoms with Gasteiger partial charge in [0.15, 0.2) is 0 Å². The first-order chi connectivity index (χ1) is 8.86. The number of carbonyl (C=O) groups is 1. The number of piperidine rings is 1. The summed E-state index contributed by atoms with van der Waals surface area (Å²) in [5, 5.41) is 3.50. The molecule has 3 aliphatic rings. The Bertz CT molecular complexity index is 293.